The Balaban J connectivity index is 2.40. The van der Waals surface area contributed by atoms with Crippen molar-refractivity contribution in [3.63, 3.8) is 0 Å². The molecular weight excluding hydrogens is 375 g/mol. The van der Waals surface area contributed by atoms with Gasteiger partial charge >= 0.3 is 0 Å². The van der Waals surface area contributed by atoms with Crippen molar-refractivity contribution in [3.05, 3.63) is 47.0 Å². The van der Waals surface area contributed by atoms with E-state index in [2.05, 4.69) is 32.1 Å². The molecule has 2 unspecified atom stereocenters. The van der Waals surface area contributed by atoms with Gasteiger partial charge in [-0.25, -0.2) is 4.98 Å². The number of alkyl halides is 2. The first kappa shape index (κ1) is 16.3. The highest BCUT2D eigenvalue weighted by molar-refractivity contribution is 9.10. The SMILES string of the molecule is N#CC(CC(Cl)CCl)(Cn1cncn1)c1ccc(Br)cc1. The third kappa shape index (κ3) is 3.97. The lowest BCUT2D eigenvalue weighted by Gasteiger charge is -2.28. The van der Waals surface area contributed by atoms with Crippen molar-refractivity contribution in [3.8, 4) is 6.07 Å². The van der Waals surface area contributed by atoms with E-state index in [4.69, 9.17) is 23.2 Å². The maximum Gasteiger partial charge on any atom is 0.137 e. The Morgan fingerprint density at radius 2 is 2.10 bits per heavy atom. The van der Waals surface area contributed by atoms with Crippen LogP contribution in [0, 0.1) is 11.3 Å². The van der Waals surface area contributed by atoms with Crippen LogP contribution >= 0.6 is 39.1 Å². The molecule has 0 aliphatic rings. The van der Waals surface area contributed by atoms with Crippen LogP contribution in [-0.2, 0) is 12.0 Å². The van der Waals surface area contributed by atoms with E-state index < -0.39 is 5.41 Å². The van der Waals surface area contributed by atoms with Crippen LogP contribution in [0.4, 0.5) is 0 Å². The lowest BCUT2D eigenvalue weighted by atomic mass is 9.78. The number of aromatic nitrogens is 3. The Morgan fingerprint density at radius 1 is 1.38 bits per heavy atom. The highest BCUT2D eigenvalue weighted by Crippen LogP contribution is 2.33. The minimum Gasteiger partial charge on any atom is -0.251 e. The summed E-state index contributed by atoms with van der Waals surface area (Å²) >= 11 is 15.4. The summed E-state index contributed by atoms with van der Waals surface area (Å²) < 4.78 is 2.60. The molecule has 0 aliphatic carbocycles. The van der Waals surface area contributed by atoms with E-state index in [-0.39, 0.29) is 5.38 Å². The molecular formula is C14H13BrCl2N4. The molecule has 0 saturated heterocycles. The van der Waals surface area contributed by atoms with Crippen LogP contribution in [0.5, 0.6) is 0 Å². The smallest absolute Gasteiger partial charge is 0.137 e. The van der Waals surface area contributed by atoms with Crippen molar-refractivity contribution in [1.82, 2.24) is 14.8 Å². The van der Waals surface area contributed by atoms with Gasteiger partial charge in [0.25, 0.3) is 0 Å². The molecule has 110 valence electrons. The number of halogens is 3. The zero-order valence-corrected chi connectivity index (χ0v) is 14.2. The first-order chi connectivity index (χ1) is 10.1. The zero-order chi connectivity index (χ0) is 15.3. The van der Waals surface area contributed by atoms with E-state index in [0.29, 0.717) is 18.8 Å². The molecule has 1 aromatic heterocycles. The Hall–Kier alpha value is -1.09. The molecule has 2 rings (SSSR count). The summed E-state index contributed by atoms with van der Waals surface area (Å²) in [5, 5.41) is 13.6. The quantitative estimate of drug-likeness (QED) is 0.709. The first-order valence-corrected chi connectivity index (χ1v) is 8.06. The lowest BCUT2D eigenvalue weighted by molar-refractivity contribution is 0.401. The number of rotatable bonds is 6. The Bertz CT molecular complexity index is 609. The fourth-order valence-electron chi connectivity index (χ4n) is 2.21. The summed E-state index contributed by atoms with van der Waals surface area (Å²) in [6.07, 6.45) is 3.48. The average molecular weight is 388 g/mol. The number of nitrogens with zero attached hydrogens (tertiary/aromatic N) is 4. The van der Waals surface area contributed by atoms with Gasteiger partial charge in [-0.1, -0.05) is 28.1 Å². The molecule has 7 heteroatoms. The summed E-state index contributed by atoms with van der Waals surface area (Å²) in [5.41, 5.74) is 0.0925. The molecule has 0 amide bonds. The minimum atomic E-state index is -0.796. The fourth-order valence-corrected chi connectivity index (χ4v) is 2.85. The van der Waals surface area contributed by atoms with Crippen LogP contribution in [0.2, 0.25) is 0 Å². The summed E-state index contributed by atoms with van der Waals surface area (Å²) in [7, 11) is 0. The van der Waals surface area contributed by atoms with Crippen LogP contribution in [0.1, 0.15) is 12.0 Å². The molecule has 0 bridgehead atoms. The summed E-state index contributed by atoms with van der Waals surface area (Å²) in [6.45, 7) is 0.380. The van der Waals surface area contributed by atoms with Crippen molar-refractivity contribution < 1.29 is 0 Å². The van der Waals surface area contributed by atoms with Crippen molar-refractivity contribution in [2.24, 2.45) is 0 Å². The maximum atomic E-state index is 9.82. The largest absolute Gasteiger partial charge is 0.251 e. The van der Waals surface area contributed by atoms with Gasteiger partial charge in [-0.15, -0.1) is 23.2 Å². The van der Waals surface area contributed by atoms with E-state index >= 15 is 0 Å². The summed E-state index contributed by atoms with van der Waals surface area (Å²) in [6, 6.07) is 10.1. The highest BCUT2D eigenvalue weighted by Gasteiger charge is 2.35. The van der Waals surface area contributed by atoms with Gasteiger partial charge in [-0.2, -0.15) is 10.4 Å². The molecule has 1 heterocycles. The second-order valence-corrected chi connectivity index (χ2v) is 6.59. The van der Waals surface area contributed by atoms with Crippen LogP contribution in [-0.4, -0.2) is 26.0 Å². The molecule has 4 nitrogen and oxygen atoms in total. The number of benzene rings is 1. The van der Waals surface area contributed by atoms with Crippen molar-refractivity contribution in [2.75, 3.05) is 5.88 Å². The molecule has 0 saturated carbocycles. The zero-order valence-electron chi connectivity index (χ0n) is 11.1. The molecule has 0 spiro atoms. The molecule has 0 radical (unpaired) electrons. The predicted molar refractivity (Wildman–Crippen MR) is 86.4 cm³/mol. The van der Waals surface area contributed by atoms with E-state index in [1.54, 1.807) is 11.0 Å². The van der Waals surface area contributed by atoms with Crippen LogP contribution in [0.15, 0.2) is 41.4 Å². The van der Waals surface area contributed by atoms with E-state index in [0.717, 1.165) is 10.0 Å². The summed E-state index contributed by atoms with van der Waals surface area (Å²) in [4.78, 5) is 3.92. The Kier molecular flexibility index (Phi) is 5.63. The molecule has 2 atom stereocenters. The monoisotopic (exact) mass is 386 g/mol. The van der Waals surface area contributed by atoms with Crippen molar-refractivity contribution in [1.29, 1.82) is 5.26 Å². The van der Waals surface area contributed by atoms with Crippen LogP contribution < -0.4 is 0 Å². The molecule has 1 aromatic carbocycles. The Morgan fingerprint density at radius 3 is 2.62 bits per heavy atom. The fraction of sp³-hybridized carbons (Fsp3) is 0.357. The van der Waals surface area contributed by atoms with Crippen LogP contribution in [0.3, 0.4) is 0 Å². The summed E-state index contributed by atoms with van der Waals surface area (Å²) in [5.74, 6) is 0.291. The van der Waals surface area contributed by atoms with Crippen LogP contribution in [0.25, 0.3) is 0 Å². The van der Waals surface area contributed by atoms with Gasteiger partial charge in [0, 0.05) is 15.7 Å². The van der Waals surface area contributed by atoms with Crippen molar-refractivity contribution in [2.45, 2.75) is 23.8 Å². The van der Waals surface area contributed by atoms with E-state index in [9.17, 15) is 5.26 Å². The lowest BCUT2D eigenvalue weighted by Crippen LogP contribution is -2.33. The predicted octanol–water partition coefficient (Wildman–Crippen LogP) is 3.74. The third-order valence-corrected chi connectivity index (χ3v) is 4.61. The number of hydrogen-bond donors (Lipinski definition) is 0. The second kappa shape index (κ2) is 7.26. The molecule has 2 aromatic rings. The average Bonchev–Trinajstić information content (AvgIpc) is 2.99. The topological polar surface area (TPSA) is 54.5 Å². The normalized spacial score (nSPS) is 15.1. The molecule has 0 fully saturated rings. The highest BCUT2D eigenvalue weighted by atomic mass is 79.9. The van der Waals surface area contributed by atoms with Gasteiger partial charge in [-0.05, 0) is 24.1 Å². The Labute approximate surface area is 141 Å². The van der Waals surface area contributed by atoms with Gasteiger partial charge in [0.1, 0.15) is 18.1 Å². The van der Waals surface area contributed by atoms with Gasteiger partial charge in [-0.3, -0.25) is 4.68 Å². The third-order valence-electron chi connectivity index (χ3n) is 3.25. The maximum absolute atomic E-state index is 9.82. The van der Waals surface area contributed by atoms with E-state index in [1.165, 1.54) is 6.33 Å². The van der Waals surface area contributed by atoms with Crippen molar-refractivity contribution >= 4 is 39.1 Å². The molecule has 21 heavy (non-hydrogen) atoms. The van der Waals surface area contributed by atoms with Gasteiger partial charge < -0.3 is 0 Å². The minimum absolute atomic E-state index is 0.291. The van der Waals surface area contributed by atoms with Gasteiger partial charge in [0.2, 0.25) is 0 Å². The second-order valence-electron chi connectivity index (χ2n) is 4.75. The first-order valence-electron chi connectivity index (χ1n) is 6.29. The number of nitriles is 1. The van der Waals surface area contributed by atoms with Gasteiger partial charge in [0.15, 0.2) is 0 Å². The number of hydrogen-bond acceptors (Lipinski definition) is 3. The standard InChI is InChI=1S/C14H13BrCl2N4/c15-12-3-1-11(2-4-12)14(7-18,5-13(17)6-16)8-21-10-19-9-20-21/h1-4,9-10,13H,5-6,8H2. The van der Waals surface area contributed by atoms with Gasteiger partial charge in [0.05, 0.1) is 12.6 Å². The van der Waals surface area contributed by atoms with E-state index in [1.807, 2.05) is 24.3 Å². The molecule has 0 N–H and O–H groups in total. The molecule has 0 aliphatic heterocycles.